The first-order valence-electron chi connectivity index (χ1n) is 7.54. The maximum Gasteiger partial charge on any atom is 0.156 e. The molecule has 1 aromatic rings. The van der Waals surface area contributed by atoms with Gasteiger partial charge in [0.1, 0.15) is 12.4 Å². The van der Waals surface area contributed by atoms with Crippen LogP contribution in [0, 0.1) is 12.8 Å². The van der Waals surface area contributed by atoms with Gasteiger partial charge in [0.2, 0.25) is 0 Å². The molecule has 1 unspecified atom stereocenters. The van der Waals surface area contributed by atoms with Gasteiger partial charge in [-0.2, -0.15) is 0 Å². The third kappa shape index (κ3) is 4.64. The van der Waals surface area contributed by atoms with E-state index in [1.807, 2.05) is 6.08 Å². The van der Waals surface area contributed by atoms with Gasteiger partial charge in [0, 0.05) is 19.5 Å². The summed E-state index contributed by atoms with van der Waals surface area (Å²) in [6.45, 7) is 6.69. The molecule has 0 bridgehead atoms. The summed E-state index contributed by atoms with van der Waals surface area (Å²) in [5.41, 5.74) is 2.66. The largest absolute Gasteiger partial charge is 0.493 e. The number of nitrogens with one attached hydrogen (secondary N) is 1. The second-order valence-corrected chi connectivity index (χ2v) is 5.48. The molecule has 0 aliphatic heterocycles. The topological polar surface area (TPSA) is 30.5 Å². The molecule has 0 radical (unpaired) electrons. The molecule has 0 heterocycles. The van der Waals surface area contributed by atoms with E-state index in [1.165, 1.54) is 11.1 Å². The van der Waals surface area contributed by atoms with Crippen molar-refractivity contribution in [3.8, 4) is 0 Å². The van der Waals surface area contributed by atoms with Crippen molar-refractivity contribution in [2.75, 3.05) is 20.3 Å². The first kappa shape index (κ1) is 15.6. The fraction of sp³-hybridized carbons (Fsp3) is 0.444. The minimum absolute atomic E-state index is 0.513. The molecule has 1 aliphatic carbocycles. The third-order valence-electron chi connectivity index (χ3n) is 3.71. The molecule has 0 saturated heterocycles. The SMILES string of the molecule is COC1=C(OCCNCc2ccccc2C)CC(C)C=C1. The summed E-state index contributed by atoms with van der Waals surface area (Å²) in [5, 5.41) is 3.42. The number of methoxy groups -OCH3 is 1. The van der Waals surface area contributed by atoms with Crippen molar-refractivity contribution >= 4 is 0 Å². The van der Waals surface area contributed by atoms with Crippen molar-refractivity contribution in [1.29, 1.82) is 0 Å². The first-order chi connectivity index (χ1) is 10.2. The van der Waals surface area contributed by atoms with Crippen LogP contribution in [0.15, 0.2) is 47.9 Å². The monoisotopic (exact) mass is 287 g/mol. The Morgan fingerprint density at radius 1 is 1.29 bits per heavy atom. The molecule has 0 fully saturated rings. The van der Waals surface area contributed by atoms with Crippen LogP contribution in [0.25, 0.3) is 0 Å². The van der Waals surface area contributed by atoms with Gasteiger partial charge in [-0.05, 0) is 30.0 Å². The van der Waals surface area contributed by atoms with Crippen LogP contribution in [0.3, 0.4) is 0 Å². The van der Waals surface area contributed by atoms with Crippen molar-refractivity contribution in [3.05, 3.63) is 59.1 Å². The van der Waals surface area contributed by atoms with E-state index in [0.717, 1.165) is 31.0 Å². The fourth-order valence-corrected chi connectivity index (χ4v) is 2.40. The maximum absolute atomic E-state index is 5.87. The van der Waals surface area contributed by atoms with Crippen molar-refractivity contribution < 1.29 is 9.47 Å². The van der Waals surface area contributed by atoms with Gasteiger partial charge in [-0.1, -0.05) is 37.3 Å². The lowest BCUT2D eigenvalue weighted by molar-refractivity contribution is 0.166. The fourth-order valence-electron chi connectivity index (χ4n) is 2.40. The van der Waals surface area contributed by atoms with Crippen LogP contribution < -0.4 is 5.32 Å². The minimum Gasteiger partial charge on any atom is -0.493 e. The van der Waals surface area contributed by atoms with Gasteiger partial charge in [-0.3, -0.25) is 0 Å². The second-order valence-electron chi connectivity index (χ2n) is 5.48. The minimum atomic E-state index is 0.513. The molecule has 2 rings (SSSR count). The second kappa shape index (κ2) is 7.89. The lowest BCUT2D eigenvalue weighted by atomic mass is 10.0. The number of benzene rings is 1. The van der Waals surface area contributed by atoms with E-state index in [9.17, 15) is 0 Å². The van der Waals surface area contributed by atoms with Gasteiger partial charge < -0.3 is 14.8 Å². The summed E-state index contributed by atoms with van der Waals surface area (Å²) >= 11 is 0. The Morgan fingerprint density at radius 3 is 2.86 bits per heavy atom. The normalized spacial score (nSPS) is 18.0. The zero-order valence-electron chi connectivity index (χ0n) is 13.2. The average molecular weight is 287 g/mol. The number of rotatable bonds is 7. The van der Waals surface area contributed by atoms with Crippen molar-refractivity contribution in [1.82, 2.24) is 5.32 Å². The summed E-state index contributed by atoms with van der Waals surface area (Å²) < 4.78 is 11.2. The quantitative estimate of drug-likeness (QED) is 0.778. The van der Waals surface area contributed by atoms with Crippen LogP contribution in [0.4, 0.5) is 0 Å². The van der Waals surface area contributed by atoms with E-state index < -0.39 is 0 Å². The van der Waals surface area contributed by atoms with Crippen LogP contribution in [0.5, 0.6) is 0 Å². The zero-order chi connectivity index (χ0) is 15.1. The van der Waals surface area contributed by atoms with Crippen molar-refractivity contribution in [2.45, 2.75) is 26.8 Å². The van der Waals surface area contributed by atoms with Gasteiger partial charge >= 0.3 is 0 Å². The number of aryl methyl sites for hydroxylation is 1. The number of allylic oxidation sites excluding steroid dienone is 3. The lowest BCUT2D eigenvalue weighted by Crippen LogP contribution is -2.20. The smallest absolute Gasteiger partial charge is 0.156 e. The van der Waals surface area contributed by atoms with Gasteiger partial charge in [-0.15, -0.1) is 0 Å². The van der Waals surface area contributed by atoms with Gasteiger partial charge in [0.15, 0.2) is 5.76 Å². The molecule has 1 aliphatic rings. The highest BCUT2D eigenvalue weighted by Gasteiger charge is 2.14. The Morgan fingerprint density at radius 2 is 2.10 bits per heavy atom. The number of hydrogen-bond donors (Lipinski definition) is 1. The van der Waals surface area contributed by atoms with Crippen molar-refractivity contribution in [2.24, 2.45) is 5.92 Å². The van der Waals surface area contributed by atoms with Crippen LogP contribution in [0.2, 0.25) is 0 Å². The molecular formula is C18H25NO2. The Balaban J connectivity index is 1.73. The first-order valence-corrected chi connectivity index (χ1v) is 7.54. The molecule has 21 heavy (non-hydrogen) atoms. The average Bonchev–Trinajstić information content (AvgIpc) is 2.49. The molecular weight excluding hydrogens is 262 g/mol. The molecule has 0 spiro atoms. The molecule has 114 valence electrons. The molecule has 0 aromatic heterocycles. The summed E-state index contributed by atoms with van der Waals surface area (Å²) in [6, 6.07) is 8.44. The predicted octanol–water partition coefficient (Wildman–Crippen LogP) is 3.56. The summed E-state index contributed by atoms with van der Waals surface area (Å²) in [7, 11) is 1.69. The Kier molecular flexibility index (Phi) is 5.88. The van der Waals surface area contributed by atoms with Crippen LogP contribution in [-0.4, -0.2) is 20.3 Å². The summed E-state index contributed by atoms with van der Waals surface area (Å²) in [6.07, 6.45) is 5.07. The molecule has 1 atom stereocenters. The van der Waals surface area contributed by atoms with E-state index in [2.05, 4.69) is 49.5 Å². The van der Waals surface area contributed by atoms with Crippen LogP contribution in [0.1, 0.15) is 24.5 Å². The van der Waals surface area contributed by atoms with Gasteiger partial charge in [-0.25, -0.2) is 0 Å². The van der Waals surface area contributed by atoms with Gasteiger partial charge in [0.05, 0.1) is 7.11 Å². The molecule has 1 N–H and O–H groups in total. The molecule has 0 amide bonds. The van der Waals surface area contributed by atoms with E-state index in [4.69, 9.17) is 9.47 Å². The van der Waals surface area contributed by atoms with Crippen LogP contribution >= 0.6 is 0 Å². The third-order valence-corrected chi connectivity index (χ3v) is 3.71. The number of ether oxygens (including phenoxy) is 2. The van der Waals surface area contributed by atoms with E-state index in [-0.39, 0.29) is 0 Å². The lowest BCUT2D eigenvalue weighted by Gasteiger charge is -2.19. The number of hydrogen-bond acceptors (Lipinski definition) is 3. The highest BCUT2D eigenvalue weighted by atomic mass is 16.5. The maximum atomic E-state index is 5.87. The Hall–Kier alpha value is -1.74. The van der Waals surface area contributed by atoms with E-state index in [1.54, 1.807) is 7.11 Å². The van der Waals surface area contributed by atoms with E-state index in [0.29, 0.717) is 12.5 Å². The standard InChI is InChI=1S/C18H25NO2/c1-14-8-9-17(20-3)18(12-14)21-11-10-19-13-16-7-5-4-6-15(16)2/h4-9,14,19H,10-13H2,1-3H3. The Labute approximate surface area is 127 Å². The highest BCUT2D eigenvalue weighted by molar-refractivity contribution is 5.25. The predicted molar refractivity (Wildman–Crippen MR) is 85.8 cm³/mol. The summed E-state index contributed by atoms with van der Waals surface area (Å²) in [4.78, 5) is 0. The Bertz CT molecular complexity index is 520. The molecule has 3 nitrogen and oxygen atoms in total. The van der Waals surface area contributed by atoms with E-state index >= 15 is 0 Å². The molecule has 1 aromatic carbocycles. The van der Waals surface area contributed by atoms with Gasteiger partial charge in [0.25, 0.3) is 0 Å². The highest BCUT2D eigenvalue weighted by Crippen LogP contribution is 2.24. The summed E-state index contributed by atoms with van der Waals surface area (Å²) in [5.74, 6) is 2.33. The molecule has 0 saturated carbocycles. The van der Waals surface area contributed by atoms with Crippen LogP contribution in [-0.2, 0) is 16.0 Å². The zero-order valence-corrected chi connectivity index (χ0v) is 13.2. The van der Waals surface area contributed by atoms with Crippen molar-refractivity contribution in [3.63, 3.8) is 0 Å². The molecule has 3 heteroatoms.